The Bertz CT molecular complexity index is 1340. The quantitative estimate of drug-likeness (QED) is 0.422. The van der Waals surface area contributed by atoms with Gasteiger partial charge in [-0.2, -0.15) is 0 Å². The lowest BCUT2D eigenvalue weighted by molar-refractivity contribution is -0.131. The molecule has 1 amide bonds. The van der Waals surface area contributed by atoms with Gasteiger partial charge in [0.2, 0.25) is 0 Å². The Labute approximate surface area is 198 Å². The second kappa shape index (κ2) is 9.56. The summed E-state index contributed by atoms with van der Waals surface area (Å²) >= 11 is 0. The van der Waals surface area contributed by atoms with E-state index in [1.165, 1.54) is 36.5 Å². The van der Waals surface area contributed by atoms with Crippen molar-refractivity contribution in [2.75, 3.05) is 23.3 Å². The van der Waals surface area contributed by atoms with Gasteiger partial charge in [-0.25, -0.2) is 8.42 Å². The summed E-state index contributed by atoms with van der Waals surface area (Å²) in [5.41, 5.74) is 2.02. The van der Waals surface area contributed by atoms with Crippen molar-refractivity contribution in [2.45, 2.75) is 24.7 Å². The number of amides is 1. The normalized spacial score (nSPS) is 13.1. The Hall–Kier alpha value is -3.85. The number of nitrogens with zero attached hydrogens (tertiary/aromatic N) is 1. The van der Waals surface area contributed by atoms with Crippen LogP contribution >= 0.6 is 0 Å². The monoisotopic (exact) mass is 480 g/mol. The number of methoxy groups -OCH3 is 1. The van der Waals surface area contributed by atoms with Crippen molar-refractivity contribution in [3.8, 4) is 11.5 Å². The minimum atomic E-state index is -3.81. The molecule has 0 spiro atoms. The van der Waals surface area contributed by atoms with Gasteiger partial charge in [0.25, 0.3) is 15.9 Å². The lowest BCUT2D eigenvalue weighted by Crippen LogP contribution is -2.35. The largest absolute Gasteiger partial charge is 0.497 e. The molecule has 176 valence electrons. The molecular formula is C25H24N2O6S. The second-order valence-corrected chi connectivity index (χ2v) is 9.61. The van der Waals surface area contributed by atoms with Crippen molar-refractivity contribution in [1.82, 2.24) is 0 Å². The molecule has 8 nitrogen and oxygen atoms in total. The first-order valence-electron chi connectivity index (χ1n) is 10.7. The van der Waals surface area contributed by atoms with Gasteiger partial charge >= 0.3 is 5.97 Å². The number of hydrogen-bond donors (Lipinski definition) is 1. The van der Waals surface area contributed by atoms with Crippen molar-refractivity contribution in [2.24, 2.45) is 0 Å². The molecule has 1 aliphatic rings. The van der Waals surface area contributed by atoms with Crippen molar-refractivity contribution in [3.63, 3.8) is 0 Å². The van der Waals surface area contributed by atoms with Crippen LogP contribution in [0.4, 0.5) is 11.4 Å². The summed E-state index contributed by atoms with van der Waals surface area (Å²) in [5, 5.41) is 2.78. The maximum absolute atomic E-state index is 13.4. The molecule has 0 aliphatic carbocycles. The molecule has 3 aromatic carbocycles. The average Bonchev–Trinajstić information content (AvgIpc) is 2.83. The van der Waals surface area contributed by atoms with Gasteiger partial charge in [0.1, 0.15) is 11.5 Å². The smallest absolute Gasteiger partial charge is 0.308 e. The number of carbonyl (C=O) groups excluding carboxylic acids is 2. The van der Waals surface area contributed by atoms with Crippen LogP contribution < -0.4 is 19.1 Å². The van der Waals surface area contributed by atoms with Crippen LogP contribution in [0.3, 0.4) is 0 Å². The van der Waals surface area contributed by atoms with E-state index in [1.807, 2.05) is 6.07 Å². The van der Waals surface area contributed by atoms with E-state index in [4.69, 9.17) is 9.47 Å². The van der Waals surface area contributed by atoms with E-state index in [2.05, 4.69) is 5.32 Å². The summed E-state index contributed by atoms with van der Waals surface area (Å²) in [6.45, 7) is 1.59. The zero-order valence-electron chi connectivity index (χ0n) is 18.8. The van der Waals surface area contributed by atoms with Gasteiger partial charge in [-0.3, -0.25) is 13.9 Å². The Balaban J connectivity index is 1.64. The second-order valence-electron chi connectivity index (χ2n) is 7.74. The highest BCUT2D eigenvalue weighted by molar-refractivity contribution is 7.92. The molecule has 9 heteroatoms. The summed E-state index contributed by atoms with van der Waals surface area (Å²) in [5.74, 6) is -0.295. The number of ether oxygens (including phenoxy) is 2. The van der Waals surface area contributed by atoms with E-state index in [9.17, 15) is 18.0 Å². The number of aryl methyl sites for hydroxylation is 1. The van der Waals surface area contributed by atoms with Crippen molar-refractivity contribution >= 4 is 33.3 Å². The van der Waals surface area contributed by atoms with Crippen LogP contribution in [0.1, 0.15) is 29.3 Å². The Morgan fingerprint density at radius 3 is 2.44 bits per heavy atom. The van der Waals surface area contributed by atoms with Crippen molar-refractivity contribution in [3.05, 3.63) is 77.9 Å². The van der Waals surface area contributed by atoms with E-state index in [0.29, 0.717) is 30.1 Å². The van der Waals surface area contributed by atoms with Crippen molar-refractivity contribution in [1.29, 1.82) is 0 Å². The number of rotatable bonds is 6. The molecular weight excluding hydrogens is 456 g/mol. The summed E-state index contributed by atoms with van der Waals surface area (Å²) in [6, 6.07) is 17.9. The SMILES string of the molecule is COc1ccc(S(=O)(=O)N2CCCc3ccc(NC(=O)c4ccccc4OC(C)=O)cc32)cc1. The fraction of sp³-hybridized carbons (Fsp3) is 0.200. The molecule has 0 bridgehead atoms. The first kappa shape index (κ1) is 23.3. The lowest BCUT2D eigenvalue weighted by atomic mass is 10.0. The van der Waals surface area contributed by atoms with Gasteiger partial charge in [0, 0.05) is 19.2 Å². The third kappa shape index (κ3) is 4.74. The van der Waals surface area contributed by atoms with Gasteiger partial charge in [-0.1, -0.05) is 18.2 Å². The van der Waals surface area contributed by atoms with Gasteiger partial charge in [0.15, 0.2) is 0 Å². The average molecular weight is 481 g/mol. The number of nitrogens with one attached hydrogen (secondary N) is 1. The number of sulfonamides is 1. The summed E-state index contributed by atoms with van der Waals surface area (Å²) in [4.78, 5) is 24.4. The zero-order chi connectivity index (χ0) is 24.3. The molecule has 3 aromatic rings. The Morgan fingerprint density at radius 1 is 1.00 bits per heavy atom. The fourth-order valence-corrected chi connectivity index (χ4v) is 5.37. The standard InChI is InChI=1S/C25H24N2O6S/c1-17(28)33-24-8-4-3-7-22(24)25(29)26-19-10-9-18-6-5-15-27(23(18)16-19)34(30,31)21-13-11-20(32-2)12-14-21/h3-4,7-14,16H,5-6,15H2,1-2H3,(H,26,29). The number of para-hydroxylation sites is 1. The van der Waals surface area contributed by atoms with Crippen LogP contribution in [0.2, 0.25) is 0 Å². The number of carbonyl (C=O) groups is 2. The third-order valence-electron chi connectivity index (χ3n) is 5.45. The molecule has 0 unspecified atom stereocenters. The molecule has 0 atom stereocenters. The zero-order valence-corrected chi connectivity index (χ0v) is 19.6. The van der Waals surface area contributed by atoms with Crippen LogP contribution in [0, 0.1) is 0 Å². The van der Waals surface area contributed by atoms with Crippen LogP contribution in [-0.2, 0) is 21.2 Å². The molecule has 1 N–H and O–H groups in total. The van der Waals surface area contributed by atoms with Gasteiger partial charge in [-0.15, -0.1) is 0 Å². The van der Waals surface area contributed by atoms with Gasteiger partial charge in [0.05, 0.1) is 23.3 Å². The summed E-state index contributed by atoms with van der Waals surface area (Å²) < 4.78 is 38.4. The topological polar surface area (TPSA) is 102 Å². The number of benzene rings is 3. The number of esters is 1. The Morgan fingerprint density at radius 2 is 1.74 bits per heavy atom. The van der Waals surface area contributed by atoms with E-state index in [0.717, 1.165) is 12.0 Å². The fourth-order valence-electron chi connectivity index (χ4n) is 3.84. The minimum absolute atomic E-state index is 0.147. The maximum atomic E-state index is 13.4. The van der Waals surface area contributed by atoms with E-state index in [-0.39, 0.29) is 16.2 Å². The van der Waals surface area contributed by atoms with Crippen molar-refractivity contribution < 1.29 is 27.5 Å². The minimum Gasteiger partial charge on any atom is -0.497 e. The van der Waals surface area contributed by atoms with Gasteiger partial charge in [-0.05, 0) is 66.9 Å². The van der Waals surface area contributed by atoms with Crippen LogP contribution in [0.25, 0.3) is 0 Å². The highest BCUT2D eigenvalue weighted by atomic mass is 32.2. The molecule has 0 fully saturated rings. The first-order valence-corrected chi connectivity index (χ1v) is 12.1. The van der Waals surface area contributed by atoms with E-state index >= 15 is 0 Å². The lowest BCUT2D eigenvalue weighted by Gasteiger charge is -2.31. The van der Waals surface area contributed by atoms with Crippen LogP contribution in [-0.4, -0.2) is 33.9 Å². The van der Waals surface area contributed by atoms with Crippen LogP contribution in [0.15, 0.2) is 71.6 Å². The highest BCUT2D eigenvalue weighted by Crippen LogP contribution is 2.35. The molecule has 0 saturated heterocycles. The number of hydrogen-bond acceptors (Lipinski definition) is 6. The summed E-state index contributed by atoms with van der Waals surface area (Å²) in [6.07, 6.45) is 1.41. The predicted molar refractivity (Wildman–Crippen MR) is 128 cm³/mol. The van der Waals surface area contributed by atoms with E-state index in [1.54, 1.807) is 42.5 Å². The van der Waals surface area contributed by atoms with Gasteiger partial charge < -0.3 is 14.8 Å². The predicted octanol–water partition coefficient (Wildman–Crippen LogP) is 4.01. The van der Waals surface area contributed by atoms with E-state index < -0.39 is 21.9 Å². The maximum Gasteiger partial charge on any atom is 0.308 e. The third-order valence-corrected chi connectivity index (χ3v) is 7.28. The molecule has 4 rings (SSSR count). The molecule has 0 radical (unpaired) electrons. The van der Waals surface area contributed by atoms with Crippen LogP contribution in [0.5, 0.6) is 11.5 Å². The first-order chi connectivity index (χ1) is 16.3. The Kier molecular flexibility index (Phi) is 6.56. The highest BCUT2D eigenvalue weighted by Gasteiger charge is 2.29. The number of anilines is 2. The molecule has 0 aromatic heterocycles. The molecule has 34 heavy (non-hydrogen) atoms. The molecule has 1 aliphatic heterocycles. The number of fused-ring (bicyclic) bond motifs is 1. The summed E-state index contributed by atoms with van der Waals surface area (Å²) in [7, 11) is -2.29. The molecule has 1 heterocycles. The molecule has 0 saturated carbocycles.